The Morgan fingerprint density at radius 1 is 0.825 bits per heavy atom. The molecule has 1 heterocycles. The third-order valence-electron chi connectivity index (χ3n) is 7.83. The number of anilines is 1. The summed E-state index contributed by atoms with van der Waals surface area (Å²) in [5, 5.41) is 0. The van der Waals surface area contributed by atoms with Crippen molar-refractivity contribution < 1.29 is 47.9 Å². The van der Waals surface area contributed by atoms with Gasteiger partial charge >= 0.3 is 18.0 Å². The van der Waals surface area contributed by atoms with Crippen molar-refractivity contribution in [3.05, 3.63) is 95.1 Å². The van der Waals surface area contributed by atoms with Crippen LogP contribution >= 0.6 is 0 Å². The average molecular weight is 594 g/mol. The average Bonchev–Trinajstić information content (AvgIpc) is 3.28. The molecule has 3 nitrogen and oxygen atoms in total. The van der Waals surface area contributed by atoms with Gasteiger partial charge in [0.25, 0.3) is 0 Å². The van der Waals surface area contributed by atoms with Gasteiger partial charge in [0.15, 0.2) is 9.84 Å². The molecule has 1 fully saturated rings. The van der Waals surface area contributed by atoms with Crippen molar-refractivity contribution >= 4 is 15.5 Å². The Bertz CT molecular complexity index is 1540. The summed E-state index contributed by atoms with van der Waals surface area (Å²) < 4.78 is 151. The van der Waals surface area contributed by atoms with Gasteiger partial charge in [-0.3, -0.25) is 0 Å². The van der Waals surface area contributed by atoms with E-state index in [0.717, 1.165) is 30.3 Å². The first-order chi connectivity index (χ1) is 18.6. The fourth-order valence-corrected chi connectivity index (χ4v) is 8.39. The van der Waals surface area contributed by atoms with Crippen LogP contribution in [0.3, 0.4) is 0 Å². The lowest BCUT2D eigenvalue weighted by Gasteiger charge is -2.43. The molecule has 40 heavy (non-hydrogen) atoms. The quantitative estimate of drug-likeness (QED) is 0.238. The molecule has 0 unspecified atom stereocenters. The molecule has 0 spiro atoms. The number of rotatable bonds is 4. The van der Waals surface area contributed by atoms with Crippen LogP contribution in [-0.2, 0) is 26.7 Å². The Kier molecular flexibility index (Phi) is 6.48. The van der Waals surface area contributed by atoms with Gasteiger partial charge in [-0.05, 0) is 66.8 Å². The van der Waals surface area contributed by atoms with Crippen LogP contribution in [0, 0.1) is 11.6 Å². The molecular formula is C27H20F9NO2S. The summed E-state index contributed by atoms with van der Waals surface area (Å²) in [7, 11) is -4.52. The number of sulfone groups is 1. The highest BCUT2D eigenvalue weighted by molar-refractivity contribution is 7.92. The Morgan fingerprint density at radius 2 is 1.45 bits per heavy atom. The van der Waals surface area contributed by atoms with E-state index in [1.807, 2.05) is 0 Å². The zero-order chi connectivity index (χ0) is 29.3. The van der Waals surface area contributed by atoms with E-state index in [2.05, 4.69) is 0 Å². The number of benzene rings is 3. The maximum Gasteiger partial charge on any atom is 0.435 e. The van der Waals surface area contributed by atoms with E-state index in [9.17, 15) is 47.9 Å². The lowest BCUT2D eigenvalue weighted by molar-refractivity contribution is -0.348. The minimum absolute atomic E-state index is 0.0225. The summed E-state index contributed by atoms with van der Waals surface area (Å²) >= 11 is 0. The number of fused-ring (bicyclic) bond motifs is 3. The van der Waals surface area contributed by atoms with E-state index in [0.29, 0.717) is 12.1 Å². The smallest absolute Gasteiger partial charge is 0.364 e. The number of nitrogens with zero attached hydrogens (tertiary/aromatic N) is 1. The molecule has 0 aromatic heterocycles. The summed E-state index contributed by atoms with van der Waals surface area (Å²) in [6.07, 6.45) is -13.2. The Hall–Kier alpha value is -3.22. The zero-order valence-electron chi connectivity index (χ0n) is 20.3. The van der Waals surface area contributed by atoms with Crippen LogP contribution in [0.25, 0.3) is 0 Å². The maximum atomic E-state index is 14.9. The first kappa shape index (κ1) is 28.3. The van der Waals surface area contributed by atoms with Gasteiger partial charge in [0, 0.05) is 12.1 Å². The van der Waals surface area contributed by atoms with Gasteiger partial charge in [0.1, 0.15) is 16.4 Å². The lowest BCUT2D eigenvalue weighted by atomic mass is 9.76. The minimum Gasteiger partial charge on any atom is -0.364 e. The van der Waals surface area contributed by atoms with E-state index in [1.54, 1.807) is 0 Å². The molecule has 0 N–H and O–H groups in total. The molecule has 1 aliphatic heterocycles. The summed E-state index contributed by atoms with van der Waals surface area (Å²) in [5.41, 5.74) is -7.65. The van der Waals surface area contributed by atoms with Crippen LogP contribution in [0.1, 0.15) is 29.5 Å². The highest BCUT2D eigenvalue weighted by atomic mass is 32.2. The molecule has 13 heteroatoms. The van der Waals surface area contributed by atoms with Gasteiger partial charge in [0.2, 0.25) is 0 Å². The molecule has 214 valence electrons. The third-order valence-corrected chi connectivity index (χ3v) is 10.4. The van der Waals surface area contributed by atoms with Crippen molar-refractivity contribution in [3.63, 3.8) is 0 Å². The molecule has 0 saturated carbocycles. The zero-order valence-corrected chi connectivity index (χ0v) is 21.1. The van der Waals surface area contributed by atoms with Crippen LogP contribution < -0.4 is 4.90 Å². The molecule has 2 aliphatic rings. The van der Waals surface area contributed by atoms with Crippen molar-refractivity contribution in [1.82, 2.24) is 0 Å². The second kappa shape index (κ2) is 9.15. The van der Waals surface area contributed by atoms with Crippen LogP contribution in [0.4, 0.5) is 45.2 Å². The highest BCUT2D eigenvalue weighted by Gasteiger charge is 2.73. The third kappa shape index (κ3) is 3.91. The summed E-state index contributed by atoms with van der Waals surface area (Å²) in [6, 6.07) is 9.89. The molecule has 0 radical (unpaired) electrons. The Morgan fingerprint density at radius 3 is 2.05 bits per heavy atom. The van der Waals surface area contributed by atoms with E-state index in [-0.39, 0.29) is 47.5 Å². The van der Waals surface area contributed by atoms with Gasteiger partial charge < -0.3 is 4.90 Å². The normalized spacial score (nSPS) is 21.7. The van der Waals surface area contributed by atoms with Gasteiger partial charge in [-0.25, -0.2) is 21.6 Å². The van der Waals surface area contributed by atoms with Crippen LogP contribution in [0.15, 0.2) is 71.6 Å². The largest absolute Gasteiger partial charge is 0.435 e. The molecule has 2 atom stereocenters. The number of para-hydroxylation sites is 1. The number of alkyl halides is 7. The van der Waals surface area contributed by atoms with Crippen molar-refractivity contribution in [2.24, 2.45) is 0 Å². The summed E-state index contributed by atoms with van der Waals surface area (Å²) in [5.74, 6) is -1.39. The Labute approximate surface area is 223 Å². The van der Waals surface area contributed by atoms with Gasteiger partial charge in [-0.1, -0.05) is 30.3 Å². The maximum absolute atomic E-state index is 14.9. The molecule has 1 aliphatic carbocycles. The second-order valence-corrected chi connectivity index (χ2v) is 12.0. The molecular weight excluding hydrogens is 573 g/mol. The van der Waals surface area contributed by atoms with Crippen LogP contribution in [0.5, 0.6) is 0 Å². The SMILES string of the molecule is O=S(=O)(c1ccc(F)cc1)[C@]12CCN(c3ccccc3F)[C@H]1CCc1cc(C(F)(C(F)(F)F)C(F)(F)F)ccc12. The fraction of sp³-hybridized carbons (Fsp3) is 0.333. The number of halogens is 9. The van der Waals surface area contributed by atoms with Gasteiger partial charge in [-0.15, -0.1) is 0 Å². The molecule has 0 bridgehead atoms. The fourth-order valence-electron chi connectivity index (χ4n) is 6.03. The second-order valence-electron chi connectivity index (χ2n) is 9.82. The monoisotopic (exact) mass is 593 g/mol. The standard InChI is InChI=1S/C27H20F9NO2S/c28-18-7-9-19(10-8-18)40(38,39)24-13-14-37(22-4-2-1-3-21(22)29)23(24)12-5-16-15-17(6-11-20(16)24)25(30,26(31,32)33)27(34,35)36/h1-4,6-11,15,23H,5,12-14H2/t23-,24-/m0/s1. The van der Waals surface area contributed by atoms with E-state index in [4.69, 9.17) is 0 Å². The van der Waals surface area contributed by atoms with Crippen LogP contribution in [-0.4, -0.2) is 33.4 Å². The van der Waals surface area contributed by atoms with Crippen LogP contribution in [0.2, 0.25) is 0 Å². The predicted molar refractivity (Wildman–Crippen MR) is 127 cm³/mol. The molecule has 3 aromatic carbocycles. The topological polar surface area (TPSA) is 37.4 Å². The minimum atomic E-state index is -6.34. The van der Waals surface area contributed by atoms with Crippen molar-refractivity contribution in [2.75, 3.05) is 11.4 Å². The predicted octanol–water partition coefficient (Wildman–Crippen LogP) is 7.15. The van der Waals surface area contributed by atoms with Crippen molar-refractivity contribution in [3.8, 4) is 0 Å². The first-order valence-electron chi connectivity index (χ1n) is 12.0. The van der Waals surface area contributed by atoms with Crippen molar-refractivity contribution in [1.29, 1.82) is 0 Å². The molecule has 1 saturated heterocycles. The first-order valence-corrected chi connectivity index (χ1v) is 13.5. The molecule has 5 rings (SSSR count). The molecule has 3 aromatic rings. The van der Waals surface area contributed by atoms with E-state index < -0.39 is 55.8 Å². The van der Waals surface area contributed by atoms with E-state index in [1.165, 1.54) is 29.2 Å². The van der Waals surface area contributed by atoms with Gasteiger partial charge in [0.05, 0.1) is 16.6 Å². The highest BCUT2D eigenvalue weighted by Crippen LogP contribution is 2.57. The Balaban J connectivity index is 1.74. The lowest BCUT2D eigenvalue weighted by Crippen LogP contribution is -2.52. The van der Waals surface area contributed by atoms with Gasteiger partial charge in [-0.2, -0.15) is 26.3 Å². The molecule has 0 amide bonds. The summed E-state index contributed by atoms with van der Waals surface area (Å²) in [6.45, 7) is -0.0225. The number of hydrogen-bond donors (Lipinski definition) is 0. The summed E-state index contributed by atoms with van der Waals surface area (Å²) in [4.78, 5) is 1.18. The van der Waals surface area contributed by atoms with E-state index >= 15 is 0 Å². The number of aryl methyl sites for hydroxylation is 1. The number of hydrogen-bond acceptors (Lipinski definition) is 3. The van der Waals surface area contributed by atoms with Crippen molar-refractivity contribution in [2.45, 2.75) is 53.0 Å².